The van der Waals surface area contributed by atoms with Gasteiger partial charge in [0.1, 0.15) is 5.82 Å². The zero-order valence-electron chi connectivity index (χ0n) is 14.8. The van der Waals surface area contributed by atoms with E-state index >= 15 is 0 Å². The zero-order chi connectivity index (χ0) is 18.0. The normalized spacial score (nSPS) is 11.9. The third kappa shape index (κ3) is 2.03. The summed E-state index contributed by atoms with van der Waals surface area (Å²) in [5, 5.41) is 5.29. The van der Waals surface area contributed by atoms with E-state index in [2.05, 4.69) is 77.1 Å². The Bertz CT molecular complexity index is 1470. The summed E-state index contributed by atoms with van der Waals surface area (Å²) < 4.78 is 4.99. The molecular formula is C24H16N2S. The average Bonchev–Trinajstić information content (AvgIpc) is 3.23. The standard InChI is InChI=1S/C24H16N2S/c1-15-9-10-18-20(14-15)26(22-8-4-5-13-25-22)19-12-11-17-16-6-2-3-7-21(16)27-24(17)23(18)19/h2-14H,1H3. The molecule has 2 nitrogen and oxygen atoms in total. The van der Waals surface area contributed by atoms with E-state index in [1.165, 1.54) is 47.5 Å². The van der Waals surface area contributed by atoms with Gasteiger partial charge in [0.15, 0.2) is 0 Å². The highest BCUT2D eigenvalue weighted by Gasteiger charge is 2.17. The Morgan fingerprint density at radius 1 is 0.778 bits per heavy atom. The number of hydrogen-bond acceptors (Lipinski definition) is 2. The molecule has 3 aromatic heterocycles. The Hall–Kier alpha value is -3.17. The highest BCUT2D eigenvalue weighted by molar-refractivity contribution is 7.26. The summed E-state index contributed by atoms with van der Waals surface area (Å²) in [6.45, 7) is 2.15. The van der Waals surface area contributed by atoms with Crippen molar-refractivity contribution in [3.8, 4) is 5.82 Å². The number of pyridine rings is 1. The molecule has 3 aromatic carbocycles. The van der Waals surface area contributed by atoms with E-state index in [9.17, 15) is 0 Å². The van der Waals surface area contributed by atoms with Gasteiger partial charge in [0.05, 0.1) is 11.0 Å². The van der Waals surface area contributed by atoms with Crippen LogP contribution in [0.2, 0.25) is 0 Å². The molecule has 0 unspecified atom stereocenters. The summed E-state index contributed by atoms with van der Waals surface area (Å²) in [6.07, 6.45) is 1.86. The molecule has 6 rings (SSSR count). The van der Waals surface area contributed by atoms with E-state index in [4.69, 9.17) is 0 Å². The Balaban J connectivity index is 1.89. The largest absolute Gasteiger partial charge is 0.294 e. The van der Waals surface area contributed by atoms with E-state index < -0.39 is 0 Å². The van der Waals surface area contributed by atoms with Gasteiger partial charge in [0, 0.05) is 37.1 Å². The minimum Gasteiger partial charge on any atom is -0.294 e. The molecule has 0 saturated heterocycles. The SMILES string of the molecule is Cc1ccc2c3c4sc5ccccc5c4ccc3n(-c3ccccn3)c2c1. The molecule has 0 fully saturated rings. The van der Waals surface area contributed by atoms with Crippen LogP contribution in [0.5, 0.6) is 0 Å². The van der Waals surface area contributed by atoms with Gasteiger partial charge >= 0.3 is 0 Å². The summed E-state index contributed by atoms with van der Waals surface area (Å²) in [7, 11) is 0. The molecule has 128 valence electrons. The minimum absolute atomic E-state index is 0.962. The summed E-state index contributed by atoms with van der Waals surface area (Å²) in [5.74, 6) is 0.962. The van der Waals surface area contributed by atoms with Crippen molar-refractivity contribution >= 4 is 53.3 Å². The van der Waals surface area contributed by atoms with Crippen LogP contribution >= 0.6 is 11.3 Å². The fraction of sp³-hybridized carbons (Fsp3) is 0.0417. The van der Waals surface area contributed by atoms with Crippen molar-refractivity contribution in [2.75, 3.05) is 0 Å². The molecule has 3 heterocycles. The number of hydrogen-bond donors (Lipinski definition) is 0. The lowest BCUT2D eigenvalue weighted by Gasteiger charge is -2.06. The quantitative estimate of drug-likeness (QED) is 0.312. The van der Waals surface area contributed by atoms with Crippen LogP contribution in [0.15, 0.2) is 79.0 Å². The van der Waals surface area contributed by atoms with Gasteiger partial charge in [0.2, 0.25) is 0 Å². The van der Waals surface area contributed by atoms with Crippen molar-refractivity contribution in [3.05, 3.63) is 84.6 Å². The molecule has 0 amide bonds. The molecule has 0 N–H and O–H groups in total. The number of rotatable bonds is 1. The molecule has 3 heteroatoms. The fourth-order valence-electron chi connectivity index (χ4n) is 4.13. The molecule has 0 aliphatic rings. The minimum atomic E-state index is 0.962. The first-order valence-electron chi connectivity index (χ1n) is 9.08. The highest BCUT2D eigenvalue weighted by Crippen LogP contribution is 2.43. The number of benzene rings is 3. The van der Waals surface area contributed by atoms with Gasteiger partial charge in [-0.05, 0) is 42.8 Å². The fourth-order valence-corrected chi connectivity index (χ4v) is 5.38. The van der Waals surface area contributed by atoms with Crippen LogP contribution in [0, 0.1) is 6.92 Å². The Morgan fingerprint density at radius 2 is 1.63 bits per heavy atom. The monoisotopic (exact) mass is 364 g/mol. The predicted molar refractivity (Wildman–Crippen MR) is 116 cm³/mol. The second kappa shape index (κ2) is 5.41. The van der Waals surface area contributed by atoms with Gasteiger partial charge in [-0.25, -0.2) is 4.98 Å². The highest BCUT2D eigenvalue weighted by atomic mass is 32.1. The van der Waals surface area contributed by atoms with E-state index in [-0.39, 0.29) is 0 Å². The van der Waals surface area contributed by atoms with Crippen molar-refractivity contribution in [2.45, 2.75) is 6.92 Å². The van der Waals surface area contributed by atoms with Crippen LogP contribution in [-0.2, 0) is 0 Å². The summed E-state index contributed by atoms with van der Waals surface area (Å²) in [6, 6.07) is 26.0. The van der Waals surface area contributed by atoms with Crippen molar-refractivity contribution in [1.82, 2.24) is 9.55 Å². The summed E-state index contributed by atoms with van der Waals surface area (Å²) in [5.41, 5.74) is 3.69. The van der Waals surface area contributed by atoms with Gasteiger partial charge in [0.25, 0.3) is 0 Å². The first-order valence-corrected chi connectivity index (χ1v) is 9.89. The molecule has 0 saturated carbocycles. The van der Waals surface area contributed by atoms with Gasteiger partial charge < -0.3 is 0 Å². The summed E-state index contributed by atoms with van der Waals surface area (Å²) in [4.78, 5) is 4.64. The van der Waals surface area contributed by atoms with E-state index in [0.29, 0.717) is 0 Å². The Kier molecular flexibility index (Phi) is 3.00. The molecule has 27 heavy (non-hydrogen) atoms. The zero-order valence-corrected chi connectivity index (χ0v) is 15.6. The van der Waals surface area contributed by atoms with Crippen LogP contribution in [0.25, 0.3) is 47.8 Å². The number of fused-ring (bicyclic) bond motifs is 7. The van der Waals surface area contributed by atoms with Gasteiger partial charge in [-0.15, -0.1) is 11.3 Å². The number of aromatic nitrogens is 2. The second-order valence-electron chi connectivity index (χ2n) is 6.98. The maximum atomic E-state index is 4.64. The van der Waals surface area contributed by atoms with E-state index in [1.54, 1.807) is 0 Å². The van der Waals surface area contributed by atoms with E-state index in [0.717, 1.165) is 5.82 Å². The van der Waals surface area contributed by atoms with Crippen LogP contribution < -0.4 is 0 Å². The number of nitrogens with zero attached hydrogens (tertiary/aromatic N) is 2. The molecule has 0 aliphatic heterocycles. The first-order chi connectivity index (χ1) is 13.3. The van der Waals surface area contributed by atoms with Crippen LogP contribution in [-0.4, -0.2) is 9.55 Å². The van der Waals surface area contributed by atoms with Gasteiger partial charge in [-0.2, -0.15) is 0 Å². The van der Waals surface area contributed by atoms with Crippen molar-refractivity contribution in [2.24, 2.45) is 0 Å². The number of thiophene rings is 1. The topological polar surface area (TPSA) is 17.8 Å². The van der Waals surface area contributed by atoms with Crippen molar-refractivity contribution < 1.29 is 0 Å². The molecule has 0 spiro atoms. The Labute approximate surface area is 160 Å². The van der Waals surface area contributed by atoms with E-state index in [1.807, 2.05) is 29.7 Å². The predicted octanol–water partition coefficient (Wildman–Crippen LogP) is 6.86. The average molecular weight is 364 g/mol. The lowest BCUT2D eigenvalue weighted by molar-refractivity contribution is 1.08. The van der Waals surface area contributed by atoms with Crippen molar-refractivity contribution in [3.63, 3.8) is 0 Å². The maximum absolute atomic E-state index is 4.64. The molecular weight excluding hydrogens is 348 g/mol. The van der Waals surface area contributed by atoms with Crippen LogP contribution in [0.3, 0.4) is 0 Å². The molecule has 0 aliphatic carbocycles. The Morgan fingerprint density at radius 3 is 2.52 bits per heavy atom. The smallest absolute Gasteiger partial charge is 0.137 e. The number of aryl methyl sites for hydroxylation is 1. The molecule has 0 bridgehead atoms. The van der Waals surface area contributed by atoms with Crippen molar-refractivity contribution in [1.29, 1.82) is 0 Å². The third-order valence-corrected chi connectivity index (χ3v) is 6.51. The third-order valence-electron chi connectivity index (χ3n) is 5.31. The van der Waals surface area contributed by atoms with Gasteiger partial charge in [-0.3, -0.25) is 4.57 Å². The first kappa shape index (κ1) is 14.9. The lowest BCUT2D eigenvalue weighted by Crippen LogP contribution is -1.96. The summed E-state index contributed by atoms with van der Waals surface area (Å²) >= 11 is 1.88. The van der Waals surface area contributed by atoms with Crippen LogP contribution in [0.4, 0.5) is 0 Å². The molecule has 6 aromatic rings. The molecule has 0 radical (unpaired) electrons. The van der Waals surface area contributed by atoms with Gasteiger partial charge in [-0.1, -0.05) is 42.5 Å². The lowest BCUT2D eigenvalue weighted by atomic mass is 10.1. The maximum Gasteiger partial charge on any atom is 0.137 e. The molecule has 0 atom stereocenters. The second-order valence-corrected chi connectivity index (χ2v) is 8.03. The van der Waals surface area contributed by atoms with Crippen LogP contribution in [0.1, 0.15) is 5.56 Å².